The summed E-state index contributed by atoms with van der Waals surface area (Å²) in [4.78, 5) is 4.60. The second-order valence-electron chi connectivity index (χ2n) is 4.24. The third kappa shape index (κ3) is 2.85. The minimum Gasteiger partial charge on any atom is -0.331 e. The van der Waals surface area contributed by atoms with Gasteiger partial charge >= 0.3 is 0 Å². The van der Waals surface area contributed by atoms with Crippen LogP contribution in [0, 0.1) is 10.5 Å². The van der Waals surface area contributed by atoms with Crippen molar-refractivity contribution in [1.29, 1.82) is 0 Å². The topological polar surface area (TPSA) is 24.9 Å². The summed E-state index contributed by atoms with van der Waals surface area (Å²) in [5.41, 5.74) is 3.29. The number of rotatable bonds is 2. The van der Waals surface area contributed by atoms with Crippen molar-refractivity contribution in [3.8, 4) is 0 Å². The zero-order valence-electron chi connectivity index (χ0n) is 10.1. The molecule has 0 aliphatic heterocycles. The molecule has 0 spiro atoms. The number of fused-ring (bicyclic) bond motifs is 1. The van der Waals surface area contributed by atoms with E-state index in [4.69, 9.17) is 11.6 Å². The Kier molecular flexibility index (Phi) is 3.64. The van der Waals surface area contributed by atoms with E-state index in [1.165, 1.54) is 10.3 Å². The molecule has 3 rings (SSSR count). The van der Waals surface area contributed by atoms with Crippen molar-refractivity contribution in [1.82, 2.24) is 4.98 Å². The molecule has 0 amide bonds. The number of nitrogens with one attached hydrogen (secondary N) is 1. The summed E-state index contributed by atoms with van der Waals surface area (Å²) in [7, 11) is 0. The van der Waals surface area contributed by atoms with Crippen LogP contribution in [-0.2, 0) is 0 Å². The van der Waals surface area contributed by atoms with E-state index in [0.29, 0.717) is 0 Å². The van der Waals surface area contributed by atoms with Crippen LogP contribution in [0.5, 0.6) is 0 Å². The maximum atomic E-state index is 5.96. The Morgan fingerprint density at radius 1 is 1.21 bits per heavy atom. The first-order chi connectivity index (χ1) is 9.11. The molecule has 3 aromatic rings. The number of aromatic nitrogens is 1. The third-order valence-electron chi connectivity index (χ3n) is 2.72. The first-order valence-corrected chi connectivity index (χ1v) is 7.98. The van der Waals surface area contributed by atoms with Gasteiger partial charge in [0.1, 0.15) is 0 Å². The highest BCUT2D eigenvalue weighted by atomic mass is 127. The molecule has 1 N–H and O–H groups in total. The SMILES string of the molecule is Cc1ccc2sc(Nc3ccc(Cl)cc3I)nc2c1. The lowest BCUT2D eigenvalue weighted by atomic mass is 10.2. The van der Waals surface area contributed by atoms with E-state index in [2.05, 4.69) is 58.0 Å². The number of hydrogen-bond acceptors (Lipinski definition) is 3. The van der Waals surface area contributed by atoms with Crippen LogP contribution in [0.1, 0.15) is 5.56 Å². The summed E-state index contributed by atoms with van der Waals surface area (Å²) in [5.74, 6) is 0. The van der Waals surface area contributed by atoms with Crippen LogP contribution < -0.4 is 5.32 Å². The Morgan fingerprint density at radius 3 is 2.84 bits per heavy atom. The first-order valence-electron chi connectivity index (χ1n) is 5.71. The summed E-state index contributed by atoms with van der Waals surface area (Å²) in [6.45, 7) is 2.08. The van der Waals surface area contributed by atoms with Gasteiger partial charge in [-0.2, -0.15) is 0 Å². The molecule has 0 atom stereocenters. The van der Waals surface area contributed by atoms with Crippen molar-refractivity contribution in [3.05, 3.63) is 50.6 Å². The zero-order valence-corrected chi connectivity index (χ0v) is 13.8. The molecule has 1 heterocycles. The molecule has 0 fully saturated rings. The molecule has 19 heavy (non-hydrogen) atoms. The van der Waals surface area contributed by atoms with Crippen molar-refractivity contribution >= 4 is 66.6 Å². The maximum Gasteiger partial charge on any atom is 0.188 e. The lowest BCUT2D eigenvalue weighted by molar-refractivity contribution is 1.41. The molecule has 0 aliphatic carbocycles. The molecular formula is C14H10ClIN2S. The second-order valence-corrected chi connectivity index (χ2v) is 6.87. The monoisotopic (exact) mass is 400 g/mol. The molecule has 1 aromatic heterocycles. The molecule has 2 nitrogen and oxygen atoms in total. The third-order valence-corrected chi connectivity index (χ3v) is 4.80. The van der Waals surface area contributed by atoms with E-state index in [1.807, 2.05) is 18.2 Å². The minimum absolute atomic E-state index is 0.745. The fraction of sp³-hybridized carbons (Fsp3) is 0.0714. The molecule has 0 saturated carbocycles. The fourth-order valence-electron chi connectivity index (χ4n) is 1.80. The second kappa shape index (κ2) is 5.26. The van der Waals surface area contributed by atoms with Gasteiger partial charge in [-0.15, -0.1) is 0 Å². The Bertz CT molecular complexity index is 754. The number of nitrogens with zero attached hydrogens (tertiary/aromatic N) is 1. The average Bonchev–Trinajstić information content (AvgIpc) is 2.74. The van der Waals surface area contributed by atoms with Crippen molar-refractivity contribution in [2.75, 3.05) is 5.32 Å². The number of hydrogen-bond donors (Lipinski definition) is 1. The van der Waals surface area contributed by atoms with E-state index in [1.54, 1.807) is 11.3 Å². The van der Waals surface area contributed by atoms with Gasteiger partial charge in [0.05, 0.1) is 15.9 Å². The van der Waals surface area contributed by atoms with Gasteiger partial charge in [-0.3, -0.25) is 0 Å². The fourth-order valence-corrected chi connectivity index (χ4v) is 3.66. The first kappa shape index (κ1) is 13.1. The summed E-state index contributed by atoms with van der Waals surface area (Å²) < 4.78 is 2.28. The highest BCUT2D eigenvalue weighted by Crippen LogP contribution is 2.31. The smallest absolute Gasteiger partial charge is 0.188 e. The molecule has 2 aromatic carbocycles. The predicted octanol–water partition coefficient (Wildman–Crippen LogP) is 5.61. The largest absolute Gasteiger partial charge is 0.331 e. The lowest BCUT2D eigenvalue weighted by Crippen LogP contribution is -1.91. The van der Waals surface area contributed by atoms with E-state index < -0.39 is 0 Å². The number of halogens is 2. The summed E-state index contributed by atoms with van der Waals surface area (Å²) in [5, 5.41) is 5.00. The number of benzene rings is 2. The molecular weight excluding hydrogens is 391 g/mol. The molecule has 0 bridgehead atoms. The summed E-state index contributed by atoms with van der Waals surface area (Å²) in [6, 6.07) is 12.1. The van der Waals surface area contributed by atoms with Crippen LogP contribution >= 0.6 is 45.5 Å². The van der Waals surface area contributed by atoms with Gasteiger partial charge in [0.2, 0.25) is 0 Å². The minimum atomic E-state index is 0.745. The highest BCUT2D eigenvalue weighted by molar-refractivity contribution is 14.1. The summed E-state index contributed by atoms with van der Waals surface area (Å²) >= 11 is 9.88. The Hall–Kier alpha value is -0.850. The van der Waals surface area contributed by atoms with Gasteiger partial charge < -0.3 is 5.32 Å². The quantitative estimate of drug-likeness (QED) is 0.566. The van der Waals surface area contributed by atoms with Crippen molar-refractivity contribution < 1.29 is 0 Å². The van der Waals surface area contributed by atoms with Gasteiger partial charge in [0.25, 0.3) is 0 Å². The Balaban J connectivity index is 1.96. The van der Waals surface area contributed by atoms with Gasteiger partial charge in [-0.25, -0.2) is 4.98 Å². The average molecular weight is 401 g/mol. The Labute approximate surface area is 134 Å². The molecule has 96 valence electrons. The number of thiazole rings is 1. The number of aryl methyl sites for hydroxylation is 1. The number of anilines is 2. The van der Waals surface area contributed by atoms with Crippen LogP contribution in [0.2, 0.25) is 5.02 Å². The van der Waals surface area contributed by atoms with Gasteiger partial charge in [0, 0.05) is 8.59 Å². The highest BCUT2D eigenvalue weighted by Gasteiger charge is 2.06. The van der Waals surface area contributed by atoms with E-state index >= 15 is 0 Å². The van der Waals surface area contributed by atoms with E-state index in [0.717, 1.165) is 24.9 Å². The lowest BCUT2D eigenvalue weighted by Gasteiger charge is -2.05. The van der Waals surface area contributed by atoms with E-state index in [9.17, 15) is 0 Å². The van der Waals surface area contributed by atoms with Gasteiger partial charge in [-0.05, 0) is 65.4 Å². The summed E-state index contributed by atoms with van der Waals surface area (Å²) in [6.07, 6.45) is 0. The van der Waals surface area contributed by atoms with Crippen molar-refractivity contribution in [3.63, 3.8) is 0 Å². The van der Waals surface area contributed by atoms with E-state index in [-0.39, 0.29) is 0 Å². The van der Waals surface area contributed by atoms with Crippen molar-refractivity contribution in [2.24, 2.45) is 0 Å². The van der Waals surface area contributed by atoms with Crippen LogP contribution in [0.4, 0.5) is 10.8 Å². The molecule has 0 unspecified atom stereocenters. The normalized spacial score (nSPS) is 10.9. The molecule has 5 heteroatoms. The van der Waals surface area contributed by atoms with Gasteiger partial charge in [0.15, 0.2) is 5.13 Å². The van der Waals surface area contributed by atoms with Crippen molar-refractivity contribution in [2.45, 2.75) is 6.92 Å². The zero-order chi connectivity index (χ0) is 13.4. The van der Waals surface area contributed by atoms with Crippen LogP contribution in [0.25, 0.3) is 10.2 Å². The van der Waals surface area contributed by atoms with Gasteiger partial charge in [-0.1, -0.05) is 29.0 Å². The van der Waals surface area contributed by atoms with Crippen LogP contribution in [-0.4, -0.2) is 4.98 Å². The van der Waals surface area contributed by atoms with Crippen LogP contribution in [0.15, 0.2) is 36.4 Å². The molecule has 0 radical (unpaired) electrons. The Morgan fingerprint density at radius 2 is 2.05 bits per heavy atom. The predicted molar refractivity (Wildman–Crippen MR) is 91.8 cm³/mol. The molecule has 0 saturated heterocycles. The molecule has 0 aliphatic rings. The standard InChI is InChI=1S/C14H10ClIN2S/c1-8-2-5-13-12(6-8)18-14(19-13)17-11-4-3-9(15)7-10(11)16/h2-7H,1H3,(H,17,18). The maximum absolute atomic E-state index is 5.96. The van der Waals surface area contributed by atoms with Crippen LogP contribution in [0.3, 0.4) is 0 Å².